The Morgan fingerprint density at radius 3 is 2.33 bits per heavy atom. The number of carbonyl (C=O) groups excluding carboxylic acids is 2. The summed E-state index contributed by atoms with van der Waals surface area (Å²) in [5.74, 6) is -3.13. The third kappa shape index (κ3) is 4.18. The summed E-state index contributed by atoms with van der Waals surface area (Å²) in [6.45, 7) is 3.59. The minimum atomic E-state index is -0.981. The molecule has 7 heteroatoms. The van der Waals surface area contributed by atoms with Gasteiger partial charge in [0.2, 0.25) is 5.91 Å². The van der Waals surface area contributed by atoms with Crippen LogP contribution < -0.4 is 10.6 Å². The van der Waals surface area contributed by atoms with E-state index in [0.717, 1.165) is 18.2 Å². The summed E-state index contributed by atoms with van der Waals surface area (Å²) >= 11 is 0. The van der Waals surface area contributed by atoms with Crippen molar-refractivity contribution in [2.45, 2.75) is 26.4 Å². The SMILES string of the molecule is CC(C)C(NC(=O)c1c(F)cccc1F)C(=O)NCc1ccco1. The predicted molar refractivity (Wildman–Crippen MR) is 83.0 cm³/mol. The van der Waals surface area contributed by atoms with E-state index < -0.39 is 35.1 Å². The van der Waals surface area contributed by atoms with E-state index >= 15 is 0 Å². The van der Waals surface area contributed by atoms with E-state index in [-0.39, 0.29) is 12.5 Å². The van der Waals surface area contributed by atoms with Crippen molar-refractivity contribution in [2.24, 2.45) is 5.92 Å². The van der Waals surface area contributed by atoms with Gasteiger partial charge in [-0.25, -0.2) is 8.78 Å². The summed E-state index contributed by atoms with van der Waals surface area (Å²) in [6.07, 6.45) is 1.48. The molecule has 0 aliphatic rings. The molecule has 1 unspecified atom stereocenters. The number of benzene rings is 1. The van der Waals surface area contributed by atoms with Crippen molar-refractivity contribution in [3.8, 4) is 0 Å². The average molecular weight is 336 g/mol. The fourth-order valence-electron chi connectivity index (χ4n) is 2.16. The van der Waals surface area contributed by atoms with E-state index in [1.165, 1.54) is 6.26 Å². The molecule has 0 radical (unpaired) electrons. The van der Waals surface area contributed by atoms with Gasteiger partial charge in [0.05, 0.1) is 12.8 Å². The van der Waals surface area contributed by atoms with Crippen LogP contribution in [0.4, 0.5) is 8.78 Å². The van der Waals surface area contributed by atoms with Crippen molar-refractivity contribution in [3.63, 3.8) is 0 Å². The molecule has 1 aromatic heterocycles. The van der Waals surface area contributed by atoms with E-state index in [9.17, 15) is 18.4 Å². The van der Waals surface area contributed by atoms with Crippen LogP contribution in [0.1, 0.15) is 30.0 Å². The van der Waals surface area contributed by atoms with Gasteiger partial charge >= 0.3 is 0 Å². The first-order valence-electron chi connectivity index (χ1n) is 7.45. The zero-order chi connectivity index (χ0) is 17.7. The molecule has 1 atom stereocenters. The Balaban J connectivity index is 2.07. The van der Waals surface area contributed by atoms with Gasteiger partial charge in [-0.1, -0.05) is 19.9 Å². The van der Waals surface area contributed by atoms with Crippen LogP contribution in [0, 0.1) is 17.6 Å². The van der Waals surface area contributed by atoms with Crippen molar-refractivity contribution >= 4 is 11.8 Å². The van der Waals surface area contributed by atoms with Gasteiger partial charge in [-0.05, 0) is 30.2 Å². The molecule has 0 spiro atoms. The van der Waals surface area contributed by atoms with Crippen molar-refractivity contribution in [2.75, 3.05) is 0 Å². The molecule has 2 N–H and O–H groups in total. The highest BCUT2D eigenvalue weighted by Crippen LogP contribution is 2.13. The zero-order valence-corrected chi connectivity index (χ0v) is 13.3. The second-order valence-electron chi connectivity index (χ2n) is 5.59. The maximum absolute atomic E-state index is 13.7. The van der Waals surface area contributed by atoms with Gasteiger partial charge in [0, 0.05) is 0 Å². The highest BCUT2D eigenvalue weighted by atomic mass is 19.1. The molecule has 24 heavy (non-hydrogen) atoms. The summed E-state index contributed by atoms with van der Waals surface area (Å²) in [4.78, 5) is 24.4. The van der Waals surface area contributed by atoms with Gasteiger partial charge < -0.3 is 15.1 Å². The lowest BCUT2D eigenvalue weighted by Gasteiger charge is -2.21. The lowest BCUT2D eigenvalue weighted by molar-refractivity contribution is -0.124. The Labute approximate surface area is 138 Å². The molecule has 0 fully saturated rings. The fraction of sp³-hybridized carbons (Fsp3) is 0.294. The molecule has 1 heterocycles. The molecular weight excluding hydrogens is 318 g/mol. The zero-order valence-electron chi connectivity index (χ0n) is 13.3. The molecule has 1 aromatic carbocycles. The van der Waals surface area contributed by atoms with Crippen LogP contribution in [-0.2, 0) is 11.3 Å². The van der Waals surface area contributed by atoms with Crippen LogP contribution in [0.3, 0.4) is 0 Å². The van der Waals surface area contributed by atoms with Gasteiger partial charge in [-0.3, -0.25) is 9.59 Å². The standard InChI is InChI=1S/C17H18F2N2O3/c1-10(2)15(17(23)20-9-11-5-4-8-24-11)21-16(22)14-12(18)6-3-7-13(14)19/h3-8,10,15H,9H2,1-2H3,(H,20,23)(H,21,22). The van der Waals surface area contributed by atoms with Crippen LogP contribution in [0.15, 0.2) is 41.0 Å². The Morgan fingerprint density at radius 1 is 1.12 bits per heavy atom. The minimum absolute atomic E-state index is 0.152. The first kappa shape index (κ1) is 17.7. The molecule has 2 rings (SSSR count). The van der Waals surface area contributed by atoms with Crippen LogP contribution in [-0.4, -0.2) is 17.9 Å². The van der Waals surface area contributed by atoms with E-state index in [2.05, 4.69) is 10.6 Å². The molecule has 128 valence electrons. The highest BCUT2D eigenvalue weighted by Gasteiger charge is 2.27. The topological polar surface area (TPSA) is 71.3 Å². The number of rotatable bonds is 6. The van der Waals surface area contributed by atoms with Crippen molar-refractivity contribution in [1.29, 1.82) is 0 Å². The smallest absolute Gasteiger partial charge is 0.257 e. The lowest BCUT2D eigenvalue weighted by Crippen LogP contribution is -2.49. The van der Waals surface area contributed by atoms with Crippen molar-refractivity contribution in [1.82, 2.24) is 10.6 Å². The lowest BCUT2D eigenvalue weighted by atomic mass is 10.0. The maximum atomic E-state index is 13.7. The fourth-order valence-corrected chi connectivity index (χ4v) is 2.16. The quantitative estimate of drug-likeness (QED) is 0.852. The minimum Gasteiger partial charge on any atom is -0.467 e. The Morgan fingerprint density at radius 2 is 1.79 bits per heavy atom. The molecule has 2 amide bonds. The maximum Gasteiger partial charge on any atom is 0.257 e. The molecular formula is C17H18F2N2O3. The number of carbonyl (C=O) groups is 2. The van der Waals surface area contributed by atoms with Gasteiger partial charge in [0.25, 0.3) is 5.91 Å². The number of hydrogen-bond acceptors (Lipinski definition) is 3. The van der Waals surface area contributed by atoms with Crippen molar-refractivity contribution in [3.05, 3.63) is 59.6 Å². The molecule has 0 aliphatic carbocycles. The van der Waals surface area contributed by atoms with E-state index in [1.54, 1.807) is 26.0 Å². The number of furan rings is 1. The molecule has 2 aromatic rings. The first-order valence-corrected chi connectivity index (χ1v) is 7.45. The summed E-state index contributed by atoms with van der Waals surface area (Å²) in [6, 6.07) is 5.57. The molecule has 0 aliphatic heterocycles. The summed E-state index contributed by atoms with van der Waals surface area (Å²) in [7, 11) is 0. The first-order chi connectivity index (χ1) is 11.4. The molecule has 0 bridgehead atoms. The van der Waals surface area contributed by atoms with Crippen LogP contribution in [0.25, 0.3) is 0 Å². The number of hydrogen-bond donors (Lipinski definition) is 2. The van der Waals surface area contributed by atoms with E-state index in [4.69, 9.17) is 4.42 Å². The Hall–Kier alpha value is -2.70. The van der Waals surface area contributed by atoms with Crippen LogP contribution >= 0.6 is 0 Å². The van der Waals surface area contributed by atoms with Crippen molar-refractivity contribution < 1.29 is 22.8 Å². The second-order valence-corrected chi connectivity index (χ2v) is 5.59. The normalized spacial score (nSPS) is 12.0. The van der Waals surface area contributed by atoms with Crippen LogP contribution in [0.5, 0.6) is 0 Å². The molecule has 5 nitrogen and oxygen atoms in total. The van der Waals surface area contributed by atoms with Gasteiger partial charge in [-0.15, -0.1) is 0 Å². The highest BCUT2D eigenvalue weighted by molar-refractivity contribution is 5.98. The van der Waals surface area contributed by atoms with Gasteiger partial charge in [0.1, 0.15) is 29.0 Å². The largest absolute Gasteiger partial charge is 0.467 e. The van der Waals surface area contributed by atoms with Gasteiger partial charge in [-0.2, -0.15) is 0 Å². The predicted octanol–water partition coefficient (Wildman–Crippen LogP) is 2.63. The number of nitrogens with one attached hydrogen (secondary N) is 2. The third-order valence-electron chi connectivity index (χ3n) is 3.44. The Bertz CT molecular complexity index is 694. The summed E-state index contributed by atoms with van der Waals surface area (Å²) in [5, 5.41) is 5.00. The van der Waals surface area contributed by atoms with E-state index in [1.807, 2.05) is 0 Å². The molecule has 0 saturated heterocycles. The summed E-state index contributed by atoms with van der Waals surface area (Å²) < 4.78 is 32.5. The van der Waals surface area contributed by atoms with Gasteiger partial charge in [0.15, 0.2) is 0 Å². The second kappa shape index (κ2) is 7.72. The molecule has 0 saturated carbocycles. The van der Waals surface area contributed by atoms with Crippen LogP contribution in [0.2, 0.25) is 0 Å². The number of halogens is 2. The summed E-state index contributed by atoms with van der Waals surface area (Å²) in [5.41, 5.74) is -0.706. The Kier molecular flexibility index (Phi) is 5.68. The third-order valence-corrected chi connectivity index (χ3v) is 3.44. The van der Waals surface area contributed by atoms with E-state index in [0.29, 0.717) is 5.76 Å². The average Bonchev–Trinajstić information content (AvgIpc) is 3.03. The number of amides is 2. The monoisotopic (exact) mass is 336 g/mol.